The predicted molar refractivity (Wildman–Crippen MR) is 189 cm³/mol. The lowest BCUT2D eigenvalue weighted by atomic mass is 9.86. The van der Waals surface area contributed by atoms with Crippen LogP contribution in [0.5, 0.6) is 11.5 Å². The summed E-state index contributed by atoms with van der Waals surface area (Å²) in [4.78, 5) is 73.2. The standard InChI is InChI=1S/C42H38O10/c1-2-3-4-5-6-7-8-9-10-11-32(26-12-18-30(19-13-26)49-37(43)28-16-22-33-35(24-28)41(47)51-39(33)45)27-14-20-31(21-15-27)50-38(44)29-17-23-34-36(25-29)42(48)52-40(34)46/h12-25,32H,2-11H2,1H3. The Labute approximate surface area is 301 Å². The van der Waals surface area contributed by atoms with Crippen LogP contribution in [0.15, 0.2) is 84.9 Å². The molecule has 2 aliphatic heterocycles. The number of carbonyl (C=O) groups is 6. The molecule has 0 saturated carbocycles. The zero-order chi connectivity index (χ0) is 36.6. The van der Waals surface area contributed by atoms with Crippen molar-refractivity contribution in [2.45, 2.75) is 77.0 Å². The van der Waals surface area contributed by atoms with E-state index >= 15 is 0 Å². The third kappa shape index (κ3) is 8.34. The van der Waals surface area contributed by atoms with Crippen molar-refractivity contribution in [1.29, 1.82) is 0 Å². The highest BCUT2D eigenvalue weighted by Gasteiger charge is 2.32. The second-order valence-electron chi connectivity index (χ2n) is 13.0. The topological polar surface area (TPSA) is 139 Å². The smallest absolute Gasteiger partial charge is 0.346 e. The molecule has 10 nitrogen and oxygen atoms in total. The normalized spacial score (nSPS) is 13.1. The minimum Gasteiger partial charge on any atom is -0.423 e. The van der Waals surface area contributed by atoms with Gasteiger partial charge >= 0.3 is 35.8 Å². The quantitative estimate of drug-likeness (QED) is 0.0482. The fourth-order valence-corrected chi connectivity index (χ4v) is 6.48. The minimum absolute atomic E-state index is 0.0135. The Hall–Kier alpha value is -5.90. The molecule has 2 aliphatic rings. The van der Waals surface area contributed by atoms with Crippen LogP contribution in [0, 0.1) is 0 Å². The molecule has 0 unspecified atom stereocenters. The maximum Gasteiger partial charge on any atom is 0.346 e. The maximum atomic E-state index is 12.9. The number of rotatable bonds is 16. The summed E-state index contributed by atoms with van der Waals surface area (Å²) in [5.74, 6) is -3.77. The lowest BCUT2D eigenvalue weighted by molar-refractivity contribution is 0.0425. The number of fused-ring (bicyclic) bond motifs is 2. The highest BCUT2D eigenvalue weighted by molar-refractivity contribution is 6.16. The van der Waals surface area contributed by atoms with Crippen molar-refractivity contribution in [3.8, 4) is 11.5 Å². The van der Waals surface area contributed by atoms with E-state index in [2.05, 4.69) is 16.4 Å². The van der Waals surface area contributed by atoms with Crippen molar-refractivity contribution in [3.05, 3.63) is 129 Å². The lowest BCUT2D eigenvalue weighted by Gasteiger charge is -2.19. The summed E-state index contributed by atoms with van der Waals surface area (Å²) in [6.07, 6.45) is 11.7. The summed E-state index contributed by atoms with van der Waals surface area (Å²) in [5, 5.41) is 0. The maximum absolute atomic E-state index is 12.9. The van der Waals surface area contributed by atoms with Crippen LogP contribution in [0.25, 0.3) is 0 Å². The molecule has 0 fully saturated rings. The second-order valence-corrected chi connectivity index (χ2v) is 13.0. The van der Waals surface area contributed by atoms with E-state index < -0.39 is 35.8 Å². The summed E-state index contributed by atoms with van der Waals surface area (Å²) in [6.45, 7) is 2.22. The van der Waals surface area contributed by atoms with Crippen LogP contribution in [0.2, 0.25) is 0 Å². The summed E-state index contributed by atoms with van der Waals surface area (Å²) in [6, 6.07) is 22.7. The molecule has 52 heavy (non-hydrogen) atoms. The fourth-order valence-electron chi connectivity index (χ4n) is 6.48. The number of cyclic esters (lactones) is 4. The Bertz CT molecular complexity index is 1870. The summed E-state index contributed by atoms with van der Waals surface area (Å²) < 4.78 is 20.4. The van der Waals surface area contributed by atoms with Gasteiger partial charge in [-0.15, -0.1) is 0 Å². The van der Waals surface area contributed by atoms with Crippen molar-refractivity contribution >= 4 is 35.8 Å². The average molecular weight is 703 g/mol. The molecular weight excluding hydrogens is 664 g/mol. The molecule has 266 valence electrons. The number of benzene rings is 4. The molecule has 0 atom stereocenters. The fraction of sp³-hybridized carbons (Fsp3) is 0.286. The molecule has 0 spiro atoms. The first kappa shape index (κ1) is 35.9. The molecular formula is C42H38O10. The highest BCUT2D eigenvalue weighted by Crippen LogP contribution is 2.33. The van der Waals surface area contributed by atoms with Crippen molar-refractivity contribution in [3.63, 3.8) is 0 Å². The number of hydrogen-bond donors (Lipinski definition) is 0. The molecule has 4 aromatic carbocycles. The first-order chi connectivity index (χ1) is 25.2. The Kier molecular flexibility index (Phi) is 11.3. The number of hydrogen-bond acceptors (Lipinski definition) is 10. The zero-order valence-corrected chi connectivity index (χ0v) is 28.8. The van der Waals surface area contributed by atoms with Crippen LogP contribution in [-0.2, 0) is 9.47 Å². The van der Waals surface area contributed by atoms with E-state index in [4.69, 9.17) is 9.47 Å². The van der Waals surface area contributed by atoms with Crippen molar-refractivity contribution < 1.29 is 47.7 Å². The molecule has 6 rings (SSSR count). The molecule has 0 bridgehead atoms. The van der Waals surface area contributed by atoms with Gasteiger partial charge in [0.2, 0.25) is 0 Å². The van der Waals surface area contributed by atoms with Gasteiger partial charge in [-0.25, -0.2) is 28.8 Å². The molecule has 4 aromatic rings. The second kappa shape index (κ2) is 16.4. The minimum atomic E-state index is -0.797. The third-order valence-electron chi connectivity index (χ3n) is 9.34. The molecule has 0 N–H and O–H groups in total. The van der Waals surface area contributed by atoms with Gasteiger partial charge < -0.3 is 18.9 Å². The molecule has 10 heteroatoms. The highest BCUT2D eigenvalue weighted by atomic mass is 16.6. The third-order valence-corrected chi connectivity index (χ3v) is 9.34. The van der Waals surface area contributed by atoms with Gasteiger partial charge in [-0.1, -0.05) is 89.0 Å². The van der Waals surface area contributed by atoms with E-state index in [1.807, 2.05) is 24.3 Å². The van der Waals surface area contributed by atoms with Gasteiger partial charge in [0, 0.05) is 5.92 Å². The van der Waals surface area contributed by atoms with Crippen LogP contribution in [0.3, 0.4) is 0 Å². The van der Waals surface area contributed by atoms with Crippen LogP contribution in [-0.4, -0.2) is 35.8 Å². The number of unbranched alkanes of at least 4 members (excludes halogenated alkanes) is 8. The first-order valence-corrected chi connectivity index (χ1v) is 17.7. The van der Waals surface area contributed by atoms with E-state index in [0.717, 1.165) is 30.4 Å². The predicted octanol–water partition coefficient (Wildman–Crippen LogP) is 8.80. The molecule has 0 saturated heterocycles. The Morgan fingerprint density at radius 3 is 1.31 bits per heavy atom. The van der Waals surface area contributed by atoms with Crippen molar-refractivity contribution in [2.24, 2.45) is 0 Å². The van der Waals surface area contributed by atoms with Crippen LogP contribution in [0.4, 0.5) is 0 Å². The summed E-state index contributed by atoms with van der Waals surface area (Å²) >= 11 is 0. The Morgan fingerprint density at radius 2 is 0.885 bits per heavy atom. The molecule has 0 radical (unpaired) electrons. The van der Waals surface area contributed by atoms with Crippen LogP contribution >= 0.6 is 0 Å². The number of carbonyl (C=O) groups excluding carboxylic acids is 6. The molecule has 0 aliphatic carbocycles. The lowest BCUT2D eigenvalue weighted by Crippen LogP contribution is -2.10. The van der Waals surface area contributed by atoms with Gasteiger partial charge in [-0.3, -0.25) is 0 Å². The number of ether oxygens (including phenoxy) is 4. The molecule has 2 heterocycles. The molecule has 0 aromatic heterocycles. The average Bonchev–Trinajstić information content (AvgIpc) is 3.61. The van der Waals surface area contributed by atoms with Gasteiger partial charge in [-0.2, -0.15) is 0 Å². The van der Waals surface area contributed by atoms with Crippen molar-refractivity contribution in [1.82, 2.24) is 0 Å². The van der Waals surface area contributed by atoms with E-state index in [1.54, 1.807) is 24.3 Å². The van der Waals surface area contributed by atoms with Gasteiger partial charge in [0.05, 0.1) is 33.4 Å². The van der Waals surface area contributed by atoms with Crippen LogP contribution in [0.1, 0.15) is 150 Å². The summed E-state index contributed by atoms with van der Waals surface area (Å²) in [7, 11) is 0. The van der Waals surface area contributed by atoms with E-state index in [-0.39, 0.29) is 39.3 Å². The van der Waals surface area contributed by atoms with Crippen molar-refractivity contribution in [2.75, 3.05) is 0 Å². The van der Waals surface area contributed by atoms with Gasteiger partial charge in [0.25, 0.3) is 0 Å². The van der Waals surface area contributed by atoms with Crippen LogP contribution < -0.4 is 9.47 Å². The van der Waals surface area contributed by atoms with E-state index in [1.165, 1.54) is 81.3 Å². The largest absolute Gasteiger partial charge is 0.423 e. The monoisotopic (exact) mass is 702 g/mol. The van der Waals surface area contributed by atoms with E-state index in [0.29, 0.717) is 11.5 Å². The summed E-state index contributed by atoms with van der Waals surface area (Å²) in [5.41, 5.74) is 2.55. The van der Waals surface area contributed by atoms with E-state index in [9.17, 15) is 28.8 Å². The SMILES string of the molecule is CCCCCCCCCCCC(c1ccc(OC(=O)c2ccc3c(c2)C(=O)OC3=O)cc1)c1ccc(OC(=O)c2ccc3c(c2)C(=O)OC3=O)cc1. The number of esters is 6. The zero-order valence-electron chi connectivity index (χ0n) is 28.8. The van der Waals surface area contributed by atoms with Gasteiger partial charge in [-0.05, 0) is 78.2 Å². The Morgan fingerprint density at radius 1 is 0.500 bits per heavy atom. The molecule has 0 amide bonds. The van der Waals surface area contributed by atoms with Gasteiger partial charge in [0.15, 0.2) is 0 Å². The van der Waals surface area contributed by atoms with Gasteiger partial charge in [0.1, 0.15) is 11.5 Å². The first-order valence-electron chi connectivity index (χ1n) is 17.7. The Balaban J connectivity index is 1.12.